The number of phosphoric acid groups is 1. The first-order valence-electron chi connectivity index (χ1n) is 14.3. The average molecular weight is 613 g/mol. The molecule has 3 atom stereocenters. The van der Waals surface area contributed by atoms with Crippen molar-refractivity contribution in [1.82, 2.24) is 24.6 Å². The second-order valence-electron chi connectivity index (χ2n) is 12.8. The normalized spacial score (nSPS) is 18.3. The number of phosphoric ester groups is 1. The molecule has 0 bridgehead atoms. The number of amides is 1. The number of carbonyl (C=O) groups is 1. The summed E-state index contributed by atoms with van der Waals surface area (Å²) in [6, 6.07) is 5.53. The third kappa shape index (κ3) is 7.09. The van der Waals surface area contributed by atoms with Crippen LogP contribution in [0.15, 0.2) is 36.9 Å². The molecule has 230 valence electrons. The Kier molecular flexibility index (Phi) is 8.19. The van der Waals surface area contributed by atoms with Crippen LogP contribution in [0, 0.1) is 12.8 Å². The summed E-state index contributed by atoms with van der Waals surface area (Å²) in [5.41, 5.74) is 2.83. The molecule has 1 aliphatic rings. The lowest BCUT2D eigenvalue weighted by Crippen LogP contribution is -2.25. The molecule has 4 aromatic rings. The minimum Gasteiger partial charge on any atom is -0.310 e. The quantitative estimate of drug-likeness (QED) is 0.196. The van der Waals surface area contributed by atoms with E-state index in [1.54, 1.807) is 64.5 Å². The van der Waals surface area contributed by atoms with Crippen molar-refractivity contribution in [3.8, 4) is 11.1 Å². The fourth-order valence-corrected chi connectivity index (χ4v) is 6.79. The topological polar surface area (TPSA) is 130 Å². The lowest BCUT2D eigenvalue weighted by molar-refractivity contribution is -0.117. The fraction of sp³-hybridized carbons (Fsp3) is 0.500. The van der Waals surface area contributed by atoms with E-state index in [-0.39, 0.29) is 12.3 Å². The lowest BCUT2D eigenvalue weighted by Gasteiger charge is -2.32. The Morgan fingerprint density at radius 1 is 1.07 bits per heavy atom. The number of halogens is 1. The predicted octanol–water partition coefficient (Wildman–Crippen LogP) is 7.15. The predicted molar refractivity (Wildman–Crippen MR) is 161 cm³/mol. The van der Waals surface area contributed by atoms with Gasteiger partial charge in [-0.1, -0.05) is 6.92 Å². The number of nitrogens with zero attached hydrogens (tertiary/aromatic N) is 5. The molecule has 0 aromatic carbocycles. The summed E-state index contributed by atoms with van der Waals surface area (Å²) in [5, 5.41) is 7.86. The van der Waals surface area contributed by atoms with Crippen molar-refractivity contribution in [2.45, 2.75) is 91.7 Å². The maximum atomic E-state index is 13.8. The molecule has 4 aromatic heterocycles. The molecule has 1 aliphatic carbocycles. The Morgan fingerprint density at radius 2 is 1.74 bits per heavy atom. The molecular weight excluding hydrogens is 574 g/mol. The molecule has 43 heavy (non-hydrogen) atoms. The number of pyridine rings is 3. The maximum Gasteiger partial charge on any atom is 0.476 e. The third-order valence-electron chi connectivity index (χ3n) is 6.68. The number of nitrogens with one attached hydrogen (secondary N) is 1. The summed E-state index contributed by atoms with van der Waals surface area (Å²) in [7, 11) is -3.97. The van der Waals surface area contributed by atoms with Crippen molar-refractivity contribution >= 4 is 36.1 Å². The number of fused-ring (bicyclic) bond motifs is 3. The number of aryl methyl sites for hydroxylation is 1. The van der Waals surface area contributed by atoms with Gasteiger partial charge in [-0.3, -0.25) is 23.3 Å². The average Bonchev–Trinajstić information content (AvgIpc) is 3.41. The van der Waals surface area contributed by atoms with Gasteiger partial charge in [-0.25, -0.2) is 23.4 Å². The van der Waals surface area contributed by atoms with E-state index in [2.05, 4.69) is 20.4 Å². The Labute approximate surface area is 250 Å². The summed E-state index contributed by atoms with van der Waals surface area (Å²) < 4.78 is 46.5. The van der Waals surface area contributed by atoms with Crippen LogP contribution < -0.4 is 5.32 Å². The van der Waals surface area contributed by atoms with Crippen LogP contribution in [-0.4, -0.2) is 47.8 Å². The van der Waals surface area contributed by atoms with Crippen molar-refractivity contribution in [2.24, 2.45) is 5.92 Å². The molecule has 1 amide bonds. The van der Waals surface area contributed by atoms with Gasteiger partial charge in [-0.05, 0) is 79.0 Å². The van der Waals surface area contributed by atoms with Crippen LogP contribution in [-0.2, 0) is 22.9 Å². The van der Waals surface area contributed by atoms with Crippen molar-refractivity contribution in [1.29, 1.82) is 0 Å². The smallest absolute Gasteiger partial charge is 0.310 e. The van der Waals surface area contributed by atoms with Crippen molar-refractivity contribution in [3.63, 3.8) is 0 Å². The SMILES string of the molecule is CC[C@@H](OP(=O)(OC(C)(C)C)OC(C)(C)C)c1cc(C)c(-c2cc3cnc(NC(=O)[C@H]4C[C@H]4F)cc3n3ncnc23)cn1. The van der Waals surface area contributed by atoms with Crippen molar-refractivity contribution < 1.29 is 27.3 Å². The van der Waals surface area contributed by atoms with Gasteiger partial charge in [0.05, 0.1) is 28.3 Å². The van der Waals surface area contributed by atoms with E-state index in [0.717, 1.165) is 22.1 Å². The van der Waals surface area contributed by atoms with E-state index in [9.17, 15) is 13.8 Å². The Hall–Kier alpha value is -3.31. The first-order valence-corrected chi connectivity index (χ1v) is 15.8. The van der Waals surface area contributed by atoms with Crippen LogP contribution in [0.3, 0.4) is 0 Å². The maximum absolute atomic E-state index is 13.8. The zero-order chi connectivity index (χ0) is 31.3. The number of hydrogen-bond acceptors (Lipinski definition) is 9. The van der Waals surface area contributed by atoms with E-state index in [4.69, 9.17) is 18.6 Å². The number of anilines is 1. The Morgan fingerprint density at radius 3 is 2.33 bits per heavy atom. The summed E-state index contributed by atoms with van der Waals surface area (Å²) in [4.78, 5) is 25.8. The second-order valence-corrected chi connectivity index (χ2v) is 14.3. The molecule has 1 saturated carbocycles. The van der Waals surface area contributed by atoms with Crippen LogP contribution in [0.5, 0.6) is 0 Å². The highest BCUT2D eigenvalue weighted by Gasteiger charge is 2.44. The Bertz CT molecular complexity index is 1710. The van der Waals surface area contributed by atoms with Gasteiger partial charge in [0.25, 0.3) is 0 Å². The second kappa shape index (κ2) is 11.3. The van der Waals surface area contributed by atoms with E-state index in [1.807, 2.05) is 26.0 Å². The molecule has 4 heterocycles. The minimum atomic E-state index is -3.97. The van der Waals surface area contributed by atoms with E-state index < -0.39 is 37.2 Å². The van der Waals surface area contributed by atoms with E-state index in [1.165, 1.54) is 6.33 Å². The van der Waals surface area contributed by atoms with Crippen LogP contribution in [0.1, 0.15) is 78.7 Å². The van der Waals surface area contributed by atoms with E-state index >= 15 is 0 Å². The summed E-state index contributed by atoms with van der Waals surface area (Å²) in [6.07, 6.45) is 3.81. The van der Waals surface area contributed by atoms with Gasteiger partial charge < -0.3 is 5.32 Å². The van der Waals surface area contributed by atoms with E-state index in [0.29, 0.717) is 29.1 Å². The number of aromatic nitrogens is 5. The lowest BCUT2D eigenvalue weighted by atomic mass is 10.0. The van der Waals surface area contributed by atoms with Gasteiger partial charge in [0.15, 0.2) is 5.65 Å². The summed E-state index contributed by atoms with van der Waals surface area (Å²) in [5.74, 6) is -0.684. The molecule has 5 rings (SSSR count). The number of alkyl halides is 1. The number of rotatable bonds is 9. The summed E-state index contributed by atoms with van der Waals surface area (Å²) >= 11 is 0. The number of carbonyl (C=O) groups excluding carboxylic acids is 1. The molecule has 11 nitrogen and oxygen atoms in total. The third-order valence-corrected chi connectivity index (χ3v) is 8.74. The fourth-order valence-electron chi connectivity index (χ4n) is 4.75. The Balaban J connectivity index is 1.47. The van der Waals surface area contributed by atoms with Crippen molar-refractivity contribution in [2.75, 3.05) is 5.32 Å². The largest absolute Gasteiger partial charge is 0.476 e. The molecule has 0 saturated heterocycles. The molecule has 0 radical (unpaired) electrons. The van der Waals surface area contributed by atoms with Crippen LogP contribution in [0.2, 0.25) is 0 Å². The highest BCUT2D eigenvalue weighted by atomic mass is 31.2. The summed E-state index contributed by atoms with van der Waals surface area (Å²) in [6.45, 7) is 14.6. The van der Waals surface area contributed by atoms with Crippen LogP contribution in [0.4, 0.5) is 10.2 Å². The molecule has 1 N–H and O–H groups in total. The van der Waals surface area contributed by atoms with Crippen molar-refractivity contribution in [3.05, 3.63) is 48.2 Å². The van der Waals surface area contributed by atoms with Gasteiger partial charge in [0.2, 0.25) is 5.91 Å². The van der Waals surface area contributed by atoms with Gasteiger partial charge in [0.1, 0.15) is 24.4 Å². The van der Waals surface area contributed by atoms with Crippen LogP contribution >= 0.6 is 7.82 Å². The van der Waals surface area contributed by atoms with Gasteiger partial charge in [-0.2, -0.15) is 5.10 Å². The molecule has 0 spiro atoms. The van der Waals surface area contributed by atoms with Gasteiger partial charge in [-0.15, -0.1) is 0 Å². The number of hydrogen-bond donors (Lipinski definition) is 1. The monoisotopic (exact) mass is 612 g/mol. The molecule has 0 aliphatic heterocycles. The molecule has 0 unspecified atom stereocenters. The van der Waals surface area contributed by atoms with Gasteiger partial charge in [0, 0.05) is 35.0 Å². The minimum absolute atomic E-state index is 0.238. The van der Waals surface area contributed by atoms with Crippen LogP contribution in [0.25, 0.3) is 27.7 Å². The van der Waals surface area contributed by atoms with Gasteiger partial charge >= 0.3 is 7.82 Å². The zero-order valence-electron chi connectivity index (χ0n) is 25.7. The zero-order valence-corrected chi connectivity index (χ0v) is 26.6. The molecule has 13 heteroatoms. The first kappa shape index (κ1) is 31.1. The standard InChI is InChI=1S/C30H38FN6O5P/c1-9-25(40-43(39,41-29(3,4)5)42-30(6,7)8)23-10-17(2)21(15-32-23)19-11-18-14-33-26(36-28(38)20-12-22(20)31)13-24(18)37-27(19)34-16-35-37/h10-11,13-16,20,22,25H,9,12H2,1-8H3,(H,33,36,38)/t20-,22+,25+/m0/s1. The highest BCUT2D eigenvalue weighted by molar-refractivity contribution is 7.48. The highest BCUT2D eigenvalue weighted by Crippen LogP contribution is 2.58. The molecule has 1 fully saturated rings. The first-order chi connectivity index (χ1) is 20.1. The molecular formula is C30H38FN6O5P.